The van der Waals surface area contributed by atoms with E-state index in [1.807, 2.05) is 0 Å². The molecule has 0 atom stereocenters. The van der Waals surface area contributed by atoms with E-state index >= 15 is 0 Å². The third-order valence-corrected chi connectivity index (χ3v) is 2.03. The number of carboxylic acids is 2. The molecule has 1 radical (unpaired) electrons. The van der Waals surface area contributed by atoms with Gasteiger partial charge in [0.2, 0.25) is 0 Å². The van der Waals surface area contributed by atoms with Crippen molar-refractivity contribution < 1.29 is 36.9 Å². The second-order valence-electron chi connectivity index (χ2n) is 3.41. The van der Waals surface area contributed by atoms with E-state index < -0.39 is 11.9 Å². The number of carboxylic acid groups (broad SMARTS) is 2. The van der Waals surface area contributed by atoms with Crippen molar-refractivity contribution in [1.82, 2.24) is 0 Å². The normalized spacial score (nSPS) is 9.33. The molecule has 0 amide bonds. The Balaban J connectivity index is 0. The van der Waals surface area contributed by atoms with Crippen LogP contribution in [-0.2, 0) is 26.7 Å². The molecule has 0 spiro atoms. The minimum absolute atomic E-state index is 0. The average molecular weight is 266 g/mol. The molecule has 5 heteroatoms. The number of aliphatic carboxylic acids is 2. The summed E-state index contributed by atoms with van der Waals surface area (Å²) in [5.74, 6) is -1.48. The van der Waals surface area contributed by atoms with E-state index in [4.69, 9.17) is 10.2 Å². The Kier molecular flexibility index (Phi) is 13.0. The number of hydrogen-bond acceptors (Lipinski definition) is 2. The first-order valence-corrected chi connectivity index (χ1v) is 5.06. The van der Waals surface area contributed by atoms with Gasteiger partial charge in [-0.1, -0.05) is 25.7 Å². The van der Waals surface area contributed by atoms with Gasteiger partial charge in [0, 0.05) is 12.8 Å². The molecule has 0 aliphatic heterocycles. The fourth-order valence-corrected chi connectivity index (χ4v) is 1.26. The molecular weight excluding hydrogens is 248 g/mol. The van der Waals surface area contributed by atoms with Crippen LogP contribution in [0.3, 0.4) is 0 Å². The van der Waals surface area contributed by atoms with Crippen molar-refractivity contribution in [3.05, 3.63) is 0 Å². The average Bonchev–Trinajstić information content (AvgIpc) is 2.08. The molecule has 0 unspecified atom stereocenters. The van der Waals surface area contributed by atoms with Crippen LogP contribution in [0.15, 0.2) is 0 Å². The van der Waals surface area contributed by atoms with Crippen LogP contribution in [0.1, 0.15) is 51.4 Å². The molecule has 0 aromatic heterocycles. The van der Waals surface area contributed by atoms with Crippen LogP contribution < -0.4 is 0 Å². The molecule has 0 heterocycles. The summed E-state index contributed by atoms with van der Waals surface area (Å²) in [6.07, 6.45) is 5.82. The van der Waals surface area contributed by atoms with Crippen LogP contribution in [0.4, 0.5) is 0 Å². The molecule has 0 bridgehead atoms. The molecule has 0 fully saturated rings. The summed E-state index contributed by atoms with van der Waals surface area (Å²) in [7, 11) is 0. The van der Waals surface area contributed by atoms with Gasteiger partial charge in [-0.05, 0) is 12.8 Å². The standard InChI is InChI=1S/C10H18O4.Cu/c11-9(12)7-5-3-1-2-4-6-8-10(13)14;/h1-8H2,(H,11,12)(H,13,14);/q;+2. The van der Waals surface area contributed by atoms with Crippen molar-refractivity contribution in [2.45, 2.75) is 51.4 Å². The van der Waals surface area contributed by atoms with E-state index in [1.165, 1.54) is 0 Å². The van der Waals surface area contributed by atoms with Gasteiger partial charge < -0.3 is 10.2 Å². The molecule has 15 heavy (non-hydrogen) atoms. The van der Waals surface area contributed by atoms with Crippen molar-refractivity contribution >= 4 is 11.9 Å². The summed E-state index contributed by atoms with van der Waals surface area (Å²) in [6, 6.07) is 0. The van der Waals surface area contributed by atoms with Gasteiger partial charge in [0.1, 0.15) is 0 Å². The summed E-state index contributed by atoms with van der Waals surface area (Å²) < 4.78 is 0. The van der Waals surface area contributed by atoms with Gasteiger partial charge in [-0.25, -0.2) is 0 Å². The molecule has 91 valence electrons. The first-order valence-electron chi connectivity index (χ1n) is 5.06. The third-order valence-electron chi connectivity index (χ3n) is 2.03. The van der Waals surface area contributed by atoms with Crippen LogP contribution in [0.2, 0.25) is 0 Å². The maximum Gasteiger partial charge on any atom is 2.00 e. The van der Waals surface area contributed by atoms with Crippen LogP contribution in [0.5, 0.6) is 0 Å². The molecule has 2 N–H and O–H groups in total. The second-order valence-corrected chi connectivity index (χ2v) is 3.41. The van der Waals surface area contributed by atoms with Gasteiger partial charge in [-0.3, -0.25) is 9.59 Å². The molecule has 4 nitrogen and oxygen atoms in total. The van der Waals surface area contributed by atoms with Gasteiger partial charge in [0.05, 0.1) is 0 Å². The first kappa shape index (κ1) is 16.9. The SMILES string of the molecule is O=C(O)CCCCCCCCC(=O)O.[Cu+2]. The Morgan fingerprint density at radius 3 is 1.20 bits per heavy atom. The molecule has 0 saturated carbocycles. The Morgan fingerprint density at radius 1 is 0.667 bits per heavy atom. The fourth-order valence-electron chi connectivity index (χ4n) is 1.26. The monoisotopic (exact) mass is 265 g/mol. The van der Waals surface area contributed by atoms with E-state index in [1.54, 1.807) is 0 Å². The number of hydrogen-bond donors (Lipinski definition) is 2. The zero-order valence-electron chi connectivity index (χ0n) is 8.67. The van der Waals surface area contributed by atoms with Crippen LogP contribution >= 0.6 is 0 Å². The number of carbonyl (C=O) groups is 2. The van der Waals surface area contributed by atoms with Crippen molar-refractivity contribution in [1.29, 1.82) is 0 Å². The van der Waals surface area contributed by atoms with Crippen molar-refractivity contribution in [2.75, 3.05) is 0 Å². The van der Waals surface area contributed by atoms with E-state index in [-0.39, 0.29) is 29.9 Å². The summed E-state index contributed by atoms with van der Waals surface area (Å²) >= 11 is 0. The Labute approximate surface area is 101 Å². The quantitative estimate of drug-likeness (QED) is 0.495. The molecule has 0 aliphatic carbocycles. The third kappa shape index (κ3) is 16.2. The van der Waals surface area contributed by atoms with Crippen LogP contribution in [-0.4, -0.2) is 22.2 Å². The van der Waals surface area contributed by atoms with Gasteiger partial charge in [0.25, 0.3) is 0 Å². The summed E-state index contributed by atoms with van der Waals surface area (Å²) in [5.41, 5.74) is 0. The molecule has 0 aromatic rings. The predicted molar refractivity (Wildman–Crippen MR) is 52.2 cm³/mol. The summed E-state index contributed by atoms with van der Waals surface area (Å²) in [4.78, 5) is 20.3. The topological polar surface area (TPSA) is 74.6 Å². The van der Waals surface area contributed by atoms with E-state index in [0.717, 1.165) is 38.5 Å². The molecule has 0 rings (SSSR count). The van der Waals surface area contributed by atoms with Gasteiger partial charge in [-0.2, -0.15) is 0 Å². The zero-order valence-corrected chi connectivity index (χ0v) is 9.61. The van der Waals surface area contributed by atoms with E-state index in [0.29, 0.717) is 0 Å². The predicted octanol–water partition coefficient (Wildman–Crippen LogP) is 2.27. The van der Waals surface area contributed by atoms with Crippen LogP contribution in [0, 0.1) is 0 Å². The minimum atomic E-state index is -0.740. The van der Waals surface area contributed by atoms with Gasteiger partial charge in [0.15, 0.2) is 0 Å². The Morgan fingerprint density at radius 2 is 0.933 bits per heavy atom. The Hall–Kier alpha value is -0.541. The maximum atomic E-state index is 10.1. The number of rotatable bonds is 9. The molecule has 0 aromatic carbocycles. The minimum Gasteiger partial charge on any atom is -0.481 e. The number of unbranched alkanes of at least 4 members (excludes halogenated alkanes) is 5. The maximum absolute atomic E-state index is 10.1. The molecular formula is C10H18CuO4+2. The Bertz CT molecular complexity index is 162. The fraction of sp³-hybridized carbons (Fsp3) is 0.800. The van der Waals surface area contributed by atoms with E-state index in [9.17, 15) is 9.59 Å². The van der Waals surface area contributed by atoms with E-state index in [2.05, 4.69) is 0 Å². The largest absolute Gasteiger partial charge is 2.00 e. The van der Waals surface area contributed by atoms with Crippen LogP contribution in [0.25, 0.3) is 0 Å². The van der Waals surface area contributed by atoms with Crippen molar-refractivity contribution in [2.24, 2.45) is 0 Å². The molecule has 0 aliphatic rings. The second kappa shape index (κ2) is 11.5. The van der Waals surface area contributed by atoms with Gasteiger partial charge >= 0.3 is 29.0 Å². The smallest absolute Gasteiger partial charge is 0.481 e. The van der Waals surface area contributed by atoms with Crippen molar-refractivity contribution in [3.8, 4) is 0 Å². The first-order chi connectivity index (χ1) is 6.63. The van der Waals surface area contributed by atoms with Crippen molar-refractivity contribution in [3.63, 3.8) is 0 Å². The summed E-state index contributed by atoms with van der Waals surface area (Å²) in [5, 5.41) is 16.7. The summed E-state index contributed by atoms with van der Waals surface area (Å²) in [6.45, 7) is 0. The van der Waals surface area contributed by atoms with Gasteiger partial charge in [-0.15, -0.1) is 0 Å². The molecule has 0 saturated heterocycles. The zero-order chi connectivity index (χ0) is 10.8.